The second kappa shape index (κ2) is 5.48. The molecule has 2 N–H and O–H groups in total. The SMILES string of the molecule is Nc1nc2ccc(OCc3c(Cl)cccc3Cl)cc2s1. The van der Waals surface area contributed by atoms with Crippen LogP contribution in [0.5, 0.6) is 5.75 Å². The maximum absolute atomic E-state index is 6.11. The first-order chi connectivity index (χ1) is 9.63. The Kier molecular flexibility index (Phi) is 3.70. The first-order valence-electron chi connectivity index (χ1n) is 5.85. The summed E-state index contributed by atoms with van der Waals surface area (Å²) in [5.41, 5.74) is 7.33. The molecule has 2 aromatic carbocycles. The summed E-state index contributed by atoms with van der Waals surface area (Å²) in [6.45, 7) is 0.318. The number of nitrogens with two attached hydrogens (primary N) is 1. The van der Waals surface area contributed by atoms with Crippen molar-refractivity contribution in [1.29, 1.82) is 0 Å². The van der Waals surface area contributed by atoms with E-state index in [9.17, 15) is 0 Å². The number of aromatic nitrogens is 1. The fourth-order valence-corrected chi connectivity index (χ4v) is 3.11. The Hall–Kier alpha value is -1.49. The van der Waals surface area contributed by atoms with Gasteiger partial charge in [-0.2, -0.15) is 0 Å². The van der Waals surface area contributed by atoms with E-state index < -0.39 is 0 Å². The van der Waals surface area contributed by atoms with E-state index in [1.54, 1.807) is 18.2 Å². The van der Waals surface area contributed by atoms with E-state index in [1.165, 1.54) is 11.3 Å². The van der Waals surface area contributed by atoms with Crippen molar-refractivity contribution in [2.45, 2.75) is 6.61 Å². The van der Waals surface area contributed by atoms with Gasteiger partial charge in [0.2, 0.25) is 0 Å². The second-order valence-corrected chi connectivity index (χ2v) is 6.05. The Morgan fingerprint density at radius 1 is 1.15 bits per heavy atom. The van der Waals surface area contributed by atoms with Crippen molar-refractivity contribution in [1.82, 2.24) is 4.98 Å². The molecule has 20 heavy (non-hydrogen) atoms. The zero-order chi connectivity index (χ0) is 14.1. The molecule has 6 heteroatoms. The van der Waals surface area contributed by atoms with Gasteiger partial charge in [-0.25, -0.2) is 4.98 Å². The van der Waals surface area contributed by atoms with Crippen LogP contribution in [0.4, 0.5) is 5.13 Å². The molecule has 0 unspecified atom stereocenters. The molecular weight excluding hydrogens is 315 g/mol. The number of nitrogen functional groups attached to an aromatic ring is 1. The highest BCUT2D eigenvalue weighted by Gasteiger charge is 2.07. The first kappa shape index (κ1) is 13.5. The van der Waals surface area contributed by atoms with Crippen LogP contribution in [-0.4, -0.2) is 4.98 Å². The molecule has 0 fully saturated rings. The number of rotatable bonds is 3. The monoisotopic (exact) mass is 324 g/mol. The van der Waals surface area contributed by atoms with E-state index in [1.807, 2.05) is 18.2 Å². The van der Waals surface area contributed by atoms with Crippen molar-refractivity contribution in [2.75, 3.05) is 5.73 Å². The molecule has 0 aliphatic carbocycles. The zero-order valence-corrected chi connectivity index (χ0v) is 12.6. The van der Waals surface area contributed by atoms with Crippen molar-refractivity contribution < 1.29 is 4.74 Å². The molecule has 0 atom stereocenters. The molecule has 0 spiro atoms. The molecule has 0 saturated heterocycles. The first-order valence-corrected chi connectivity index (χ1v) is 7.42. The highest BCUT2D eigenvalue weighted by molar-refractivity contribution is 7.22. The molecule has 1 heterocycles. The molecule has 3 nitrogen and oxygen atoms in total. The van der Waals surface area contributed by atoms with Crippen LogP contribution in [0, 0.1) is 0 Å². The summed E-state index contributed by atoms with van der Waals surface area (Å²) >= 11 is 13.6. The molecular formula is C14H10Cl2N2OS. The van der Waals surface area contributed by atoms with Gasteiger partial charge in [-0.15, -0.1) is 0 Å². The van der Waals surface area contributed by atoms with Crippen LogP contribution in [0.15, 0.2) is 36.4 Å². The molecule has 3 rings (SSSR count). The normalized spacial score (nSPS) is 10.9. The van der Waals surface area contributed by atoms with Gasteiger partial charge in [0.05, 0.1) is 10.2 Å². The summed E-state index contributed by atoms with van der Waals surface area (Å²) < 4.78 is 6.73. The molecule has 0 aliphatic heterocycles. The van der Waals surface area contributed by atoms with E-state index in [0.717, 1.165) is 21.5 Å². The highest BCUT2D eigenvalue weighted by atomic mass is 35.5. The summed E-state index contributed by atoms with van der Waals surface area (Å²) in [4.78, 5) is 4.20. The fraction of sp³-hybridized carbons (Fsp3) is 0.0714. The summed E-state index contributed by atoms with van der Waals surface area (Å²) in [6.07, 6.45) is 0. The van der Waals surface area contributed by atoms with Crippen molar-refractivity contribution in [3.8, 4) is 5.75 Å². The summed E-state index contributed by atoms with van der Waals surface area (Å²) in [5.74, 6) is 0.733. The molecule has 1 aromatic heterocycles. The van der Waals surface area contributed by atoms with Gasteiger partial charge in [-0.3, -0.25) is 0 Å². The predicted molar refractivity (Wildman–Crippen MR) is 84.8 cm³/mol. The van der Waals surface area contributed by atoms with Gasteiger partial charge < -0.3 is 10.5 Å². The molecule has 0 saturated carbocycles. The fourth-order valence-electron chi connectivity index (χ4n) is 1.84. The Bertz CT molecular complexity index is 753. The lowest BCUT2D eigenvalue weighted by molar-refractivity contribution is 0.307. The number of thiazole rings is 1. The predicted octanol–water partition coefficient (Wildman–Crippen LogP) is 4.76. The highest BCUT2D eigenvalue weighted by Crippen LogP contribution is 2.29. The van der Waals surface area contributed by atoms with E-state index in [-0.39, 0.29) is 0 Å². The topological polar surface area (TPSA) is 48.1 Å². The lowest BCUT2D eigenvalue weighted by Gasteiger charge is -2.09. The average molecular weight is 325 g/mol. The standard InChI is InChI=1S/C14H10Cl2N2OS/c15-10-2-1-3-11(16)9(10)7-19-8-4-5-12-13(6-8)20-14(17)18-12/h1-6H,7H2,(H2,17,18). The van der Waals surface area contributed by atoms with Crippen LogP contribution in [0.25, 0.3) is 10.2 Å². The molecule has 102 valence electrons. The number of ether oxygens (including phenoxy) is 1. The minimum Gasteiger partial charge on any atom is -0.489 e. The van der Waals surface area contributed by atoms with E-state index in [4.69, 9.17) is 33.7 Å². The third-order valence-electron chi connectivity index (χ3n) is 2.82. The van der Waals surface area contributed by atoms with Crippen molar-refractivity contribution in [3.05, 3.63) is 52.0 Å². The quantitative estimate of drug-likeness (QED) is 0.755. The van der Waals surface area contributed by atoms with Crippen LogP contribution in [0.2, 0.25) is 10.0 Å². The van der Waals surface area contributed by atoms with Crippen molar-refractivity contribution in [2.24, 2.45) is 0 Å². The molecule has 3 aromatic rings. The minimum atomic E-state index is 0.318. The number of anilines is 1. The Balaban J connectivity index is 1.83. The Morgan fingerprint density at radius 3 is 2.65 bits per heavy atom. The van der Waals surface area contributed by atoms with E-state index in [2.05, 4.69) is 4.98 Å². The maximum atomic E-state index is 6.11. The summed E-state index contributed by atoms with van der Waals surface area (Å²) in [7, 11) is 0. The number of nitrogens with zero attached hydrogens (tertiary/aromatic N) is 1. The smallest absolute Gasteiger partial charge is 0.181 e. The van der Waals surface area contributed by atoms with Crippen LogP contribution < -0.4 is 10.5 Å². The van der Waals surface area contributed by atoms with Crippen molar-refractivity contribution >= 4 is 49.9 Å². The molecule has 0 aliphatic rings. The number of hydrogen-bond donors (Lipinski definition) is 1. The van der Waals surface area contributed by atoms with Crippen LogP contribution >= 0.6 is 34.5 Å². The van der Waals surface area contributed by atoms with Gasteiger partial charge in [-0.05, 0) is 30.3 Å². The van der Waals surface area contributed by atoms with E-state index >= 15 is 0 Å². The maximum Gasteiger partial charge on any atom is 0.181 e. The van der Waals surface area contributed by atoms with Gasteiger partial charge in [0.25, 0.3) is 0 Å². The molecule has 0 amide bonds. The number of halogens is 2. The van der Waals surface area contributed by atoms with Crippen LogP contribution in [-0.2, 0) is 6.61 Å². The minimum absolute atomic E-state index is 0.318. The van der Waals surface area contributed by atoms with Crippen LogP contribution in [0.3, 0.4) is 0 Å². The number of hydrogen-bond acceptors (Lipinski definition) is 4. The van der Waals surface area contributed by atoms with Gasteiger partial charge in [0.1, 0.15) is 12.4 Å². The van der Waals surface area contributed by atoms with Crippen molar-refractivity contribution in [3.63, 3.8) is 0 Å². The largest absolute Gasteiger partial charge is 0.489 e. The van der Waals surface area contributed by atoms with Gasteiger partial charge in [0.15, 0.2) is 5.13 Å². The summed E-state index contributed by atoms with van der Waals surface area (Å²) in [6, 6.07) is 11.0. The lowest BCUT2D eigenvalue weighted by Crippen LogP contribution is -1.97. The van der Waals surface area contributed by atoms with Gasteiger partial charge in [-0.1, -0.05) is 40.6 Å². The summed E-state index contributed by atoms with van der Waals surface area (Å²) in [5, 5.41) is 1.74. The lowest BCUT2D eigenvalue weighted by atomic mass is 10.2. The second-order valence-electron chi connectivity index (χ2n) is 4.17. The average Bonchev–Trinajstić information content (AvgIpc) is 2.77. The Labute approximate surface area is 129 Å². The Morgan fingerprint density at radius 2 is 1.90 bits per heavy atom. The molecule has 0 bridgehead atoms. The third-order valence-corrected chi connectivity index (χ3v) is 4.38. The number of benzene rings is 2. The van der Waals surface area contributed by atoms with Gasteiger partial charge in [0, 0.05) is 15.6 Å². The van der Waals surface area contributed by atoms with Gasteiger partial charge >= 0.3 is 0 Å². The van der Waals surface area contributed by atoms with E-state index in [0.29, 0.717) is 21.8 Å². The molecule has 0 radical (unpaired) electrons. The van der Waals surface area contributed by atoms with Crippen LogP contribution in [0.1, 0.15) is 5.56 Å². The number of fused-ring (bicyclic) bond motifs is 1. The third kappa shape index (κ3) is 2.68. The zero-order valence-electron chi connectivity index (χ0n) is 10.3.